The second-order valence-electron chi connectivity index (χ2n) is 6.64. The molecule has 3 heterocycles. The zero-order chi connectivity index (χ0) is 21.3. The Labute approximate surface area is 175 Å². The van der Waals surface area contributed by atoms with E-state index in [0.29, 0.717) is 11.0 Å². The average molecular weight is 424 g/mol. The fourth-order valence-corrected chi connectivity index (χ4v) is 3.29. The molecule has 0 bridgehead atoms. The molecule has 152 valence electrons. The number of anilines is 1. The molecule has 4 rings (SSSR count). The number of nitrogens with zero attached hydrogens (tertiary/aromatic N) is 6. The summed E-state index contributed by atoms with van der Waals surface area (Å²) in [5.74, 6) is 0.313. The van der Waals surface area contributed by atoms with Crippen molar-refractivity contribution in [1.29, 1.82) is 0 Å². The molecule has 0 spiro atoms. The standard InChI is InChI=1S/C20H18ClN7O2/c1-26-17-16(18(29)27(2)20(26)30)28(12-14-5-3-4-6-15(14)21)19(24-17)25-23-11-13-7-9-22-10-8-13/h3-11H,12H2,1-2H3,(H,24,25). The minimum Gasteiger partial charge on any atom is -0.298 e. The SMILES string of the molecule is Cn1c(=O)c2c(nc(NN=Cc3ccncc3)n2Cc2ccccc2Cl)n(C)c1=O. The molecule has 0 unspecified atom stereocenters. The first-order chi connectivity index (χ1) is 14.5. The number of nitrogens with one attached hydrogen (secondary N) is 1. The lowest BCUT2D eigenvalue weighted by atomic mass is 10.2. The van der Waals surface area contributed by atoms with Gasteiger partial charge in [0.1, 0.15) is 0 Å². The fourth-order valence-electron chi connectivity index (χ4n) is 3.10. The first-order valence-electron chi connectivity index (χ1n) is 9.06. The van der Waals surface area contributed by atoms with Gasteiger partial charge in [-0.05, 0) is 29.3 Å². The summed E-state index contributed by atoms with van der Waals surface area (Å²) in [6.45, 7) is 0.275. The molecule has 1 N–H and O–H groups in total. The van der Waals surface area contributed by atoms with Crippen LogP contribution in [0.2, 0.25) is 5.02 Å². The number of halogens is 1. The normalized spacial score (nSPS) is 11.4. The van der Waals surface area contributed by atoms with Gasteiger partial charge in [0, 0.05) is 31.5 Å². The average Bonchev–Trinajstić information content (AvgIpc) is 3.11. The lowest BCUT2D eigenvalue weighted by Gasteiger charge is -2.10. The number of fused-ring (bicyclic) bond motifs is 1. The Balaban J connectivity index is 1.86. The maximum atomic E-state index is 12.9. The fraction of sp³-hybridized carbons (Fsp3) is 0.150. The number of pyridine rings is 1. The maximum absolute atomic E-state index is 12.9. The van der Waals surface area contributed by atoms with E-state index in [4.69, 9.17) is 11.6 Å². The van der Waals surface area contributed by atoms with Crippen LogP contribution in [0.15, 0.2) is 63.5 Å². The number of benzene rings is 1. The Morgan fingerprint density at radius 3 is 2.57 bits per heavy atom. The van der Waals surface area contributed by atoms with E-state index in [1.54, 1.807) is 48.4 Å². The van der Waals surface area contributed by atoms with Gasteiger partial charge < -0.3 is 0 Å². The maximum Gasteiger partial charge on any atom is 0.332 e. The number of hydrazone groups is 1. The van der Waals surface area contributed by atoms with Crippen molar-refractivity contribution in [2.45, 2.75) is 6.54 Å². The highest BCUT2D eigenvalue weighted by Gasteiger charge is 2.19. The first kappa shape index (κ1) is 19.6. The third-order valence-corrected chi connectivity index (χ3v) is 5.09. The largest absolute Gasteiger partial charge is 0.332 e. The van der Waals surface area contributed by atoms with Gasteiger partial charge in [0.2, 0.25) is 5.95 Å². The van der Waals surface area contributed by atoms with Gasteiger partial charge in [-0.2, -0.15) is 10.1 Å². The van der Waals surface area contributed by atoms with E-state index in [1.807, 2.05) is 18.2 Å². The Hall–Kier alpha value is -3.72. The Morgan fingerprint density at radius 2 is 1.83 bits per heavy atom. The van der Waals surface area contributed by atoms with Gasteiger partial charge in [0.15, 0.2) is 11.2 Å². The molecule has 10 heteroatoms. The van der Waals surface area contributed by atoms with Crippen LogP contribution in [0, 0.1) is 0 Å². The zero-order valence-electron chi connectivity index (χ0n) is 16.3. The molecule has 0 saturated heterocycles. The molecule has 0 aliphatic carbocycles. The van der Waals surface area contributed by atoms with E-state index in [1.165, 1.54) is 11.6 Å². The van der Waals surface area contributed by atoms with Crippen molar-refractivity contribution in [3.63, 3.8) is 0 Å². The van der Waals surface area contributed by atoms with Crippen molar-refractivity contribution < 1.29 is 0 Å². The number of rotatable bonds is 5. The van der Waals surface area contributed by atoms with Gasteiger partial charge in [-0.25, -0.2) is 10.2 Å². The summed E-state index contributed by atoms with van der Waals surface area (Å²) in [6, 6.07) is 10.9. The molecule has 0 saturated carbocycles. The molecule has 30 heavy (non-hydrogen) atoms. The van der Waals surface area contributed by atoms with Gasteiger partial charge in [-0.1, -0.05) is 29.8 Å². The van der Waals surface area contributed by atoms with Crippen molar-refractivity contribution in [2.24, 2.45) is 19.2 Å². The molecular formula is C20H18ClN7O2. The van der Waals surface area contributed by atoms with Crippen LogP contribution in [0.25, 0.3) is 11.2 Å². The van der Waals surface area contributed by atoms with Crippen molar-refractivity contribution in [3.05, 3.63) is 85.8 Å². The summed E-state index contributed by atoms with van der Waals surface area (Å²) >= 11 is 6.33. The Morgan fingerprint density at radius 1 is 1.10 bits per heavy atom. The van der Waals surface area contributed by atoms with Gasteiger partial charge in [-0.3, -0.25) is 23.5 Å². The molecule has 0 aliphatic heterocycles. The van der Waals surface area contributed by atoms with Crippen molar-refractivity contribution in [3.8, 4) is 0 Å². The van der Waals surface area contributed by atoms with Gasteiger partial charge in [0.05, 0.1) is 12.8 Å². The number of imidazole rings is 1. The summed E-state index contributed by atoms with van der Waals surface area (Å²) < 4.78 is 4.05. The van der Waals surface area contributed by atoms with Gasteiger partial charge in [0.25, 0.3) is 5.56 Å². The Kier molecular flexibility index (Phi) is 5.20. The molecule has 0 aliphatic rings. The van der Waals surface area contributed by atoms with E-state index < -0.39 is 11.2 Å². The van der Waals surface area contributed by atoms with Gasteiger partial charge >= 0.3 is 5.69 Å². The van der Waals surface area contributed by atoms with E-state index in [-0.39, 0.29) is 17.7 Å². The second-order valence-corrected chi connectivity index (χ2v) is 7.05. The van der Waals surface area contributed by atoms with Crippen LogP contribution in [-0.2, 0) is 20.6 Å². The zero-order valence-corrected chi connectivity index (χ0v) is 17.0. The van der Waals surface area contributed by atoms with E-state index in [9.17, 15) is 9.59 Å². The lowest BCUT2D eigenvalue weighted by molar-refractivity contribution is 0.702. The highest BCUT2D eigenvalue weighted by atomic mass is 35.5. The van der Waals surface area contributed by atoms with Crippen molar-refractivity contribution in [1.82, 2.24) is 23.7 Å². The lowest BCUT2D eigenvalue weighted by Crippen LogP contribution is -2.37. The highest BCUT2D eigenvalue weighted by Crippen LogP contribution is 2.22. The third kappa shape index (κ3) is 3.50. The number of hydrogen-bond donors (Lipinski definition) is 1. The minimum atomic E-state index is -0.457. The smallest absolute Gasteiger partial charge is 0.298 e. The molecule has 0 fully saturated rings. The summed E-state index contributed by atoms with van der Waals surface area (Å²) in [4.78, 5) is 33.7. The minimum absolute atomic E-state index is 0.261. The third-order valence-electron chi connectivity index (χ3n) is 4.72. The van der Waals surface area contributed by atoms with Crippen molar-refractivity contribution in [2.75, 3.05) is 5.43 Å². The molecule has 0 amide bonds. The molecule has 0 atom stereocenters. The number of hydrogen-bond acceptors (Lipinski definition) is 6. The van der Waals surface area contributed by atoms with Crippen molar-refractivity contribution >= 4 is 34.9 Å². The van der Waals surface area contributed by atoms with Crippen LogP contribution >= 0.6 is 11.6 Å². The van der Waals surface area contributed by atoms with Crippen LogP contribution in [0.4, 0.5) is 5.95 Å². The molecule has 4 aromatic rings. The predicted molar refractivity (Wildman–Crippen MR) is 116 cm³/mol. The van der Waals surface area contributed by atoms with Gasteiger partial charge in [-0.15, -0.1) is 0 Å². The molecule has 1 aromatic carbocycles. The predicted octanol–water partition coefficient (Wildman–Crippen LogP) is 1.98. The van der Waals surface area contributed by atoms with Crippen LogP contribution in [0.1, 0.15) is 11.1 Å². The summed E-state index contributed by atoms with van der Waals surface area (Å²) in [5.41, 5.74) is 4.16. The Bertz CT molecular complexity index is 1370. The topological polar surface area (TPSA) is 99.1 Å². The number of aromatic nitrogens is 5. The summed E-state index contributed by atoms with van der Waals surface area (Å²) in [7, 11) is 3.01. The van der Waals surface area contributed by atoms with Crippen LogP contribution in [0.3, 0.4) is 0 Å². The summed E-state index contributed by atoms with van der Waals surface area (Å²) in [5, 5.41) is 4.78. The van der Waals surface area contributed by atoms with Crippen LogP contribution in [-0.4, -0.2) is 29.9 Å². The van der Waals surface area contributed by atoms with E-state index in [0.717, 1.165) is 15.7 Å². The van der Waals surface area contributed by atoms with Crippen LogP contribution < -0.4 is 16.7 Å². The van der Waals surface area contributed by atoms with Crippen LogP contribution in [0.5, 0.6) is 0 Å². The second kappa shape index (κ2) is 7.96. The van der Waals surface area contributed by atoms with E-state index in [2.05, 4.69) is 20.5 Å². The first-order valence-corrected chi connectivity index (χ1v) is 9.44. The van der Waals surface area contributed by atoms with E-state index >= 15 is 0 Å². The highest BCUT2D eigenvalue weighted by molar-refractivity contribution is 6.31. The number of aryl methyl sites for hydroxylation is 1. The molecule has 3 aromatic heterocycles. The monoisotopic (exact) mass is 423 g/mol. The molecule has 0 radical (unpaired) electrons. The quantitative estimate of drug-likeness (QED) is 0.391. The molecular weight excluding hydrogens is 406 g/mol. The summed E-state index contributed by atoms with van der Waals surface area (Å²) in [6.07, 6.45) is 4.93. The molecule has 9 nitrogen and oxygen atoms in total.